The molecule has 2 aromatic rings. The lowest BCUT2D eigenvalue weighted by molar-refractivity contribution is 0.228. The maximum atomic E-state index is 2.54. The predicted molar refractivity (Wildman–Crippen MR) is 84.0 cm³/mol. The van der Waals surface area contributed by atoms with Crippen LogP contribution in [-0.2, 0) is 19.3 Å². The van der Waals surface area contributed by atoms with E-state index in [1.165, 1.54) is 41.6 Å². The van der Waals surface area contributed by atoms with Gasteiger partial charge in [-0.15, -0.1) is 0 Å². The number of hydrogen-bond acceptors (Lipinski definition) is 1. The van der Waals surface area contributed by atoms with Crippen molar-refractivity contribution in [2.24, 2.45) is 0 Å². The van der Waals surface area contributed by atoms with Gasteiger partial charge in [-0.25, -0.2) is 0 Å². The standard InChI is InChI=1S/C19H21N/c1-3-13-6-4-8-15-12-17-19-14(10-11-20(17)2)7-5-9-16(19)18(13)15/h4-9,17H,3,10-12H2,1-2H3/t17-/m1/s1. The predicted octanol–water partition coefficient (Wildman–Crippen LogP) is 4.00. The van der Waals surface area contributed by atoms with Crippen molar-refractivity contribution in [1.29, 1.82) is 0 Å². The average molecular weight is 263 g/mol. The summed E-state index contributed by atoms with van der Waals surface area (Å²) in [6.07, 6.45) is 3.48. The van der Waals surface area contributed by atoms with Gasteiger partial charge in [-0.2, -0.15) is 0 Å². The van der Waals surface area contributed by atoms with Crippen molar-refractivity contribution in [2.45, 2.75) is 32.2 Å². The van der Waals surface area contributed by atoms with E-state index in [0.717, 1.165) is 6.42 Å². The molecule has 0 saturated heterocycles. The zero-order chi connectivity index (χ0) is 13.7. The summed E-state index contributed by atoms with van der Waals surface area (Å²) in [4.78, 5) is 2.54. The van der Waals surface area contributed by atoms with Gasteiger partial charge in [0.1, 0.15) is 0 Å². The third-order valence-corrected chi connectivity index (χ3v) is 5.10. The van der Waals surface area contributed by atoms with Crippen molar-refractivity contribution < 1.29 is 0 Å². The highest BCUT2D eigenvalue weighted by atomic mass is 15.1. The van der Waals surface area contributed by atoms with Crippen LogP contribution >= 0.6 is 0 Å². The third-order valence-electron chi connectivity index (χ3n) is 5.10. The van der Waals surface area contributed by atoms with Crippen LogP contribution in [0.2, 0.25) is 0 Å². The topological polar surface area (TPSA) is 3.24 Å². The van der Waals surface area contributed by atoms with Crippen LogP contribution in [0.3, 0.4) is 0 Å². The summed E-state index contributed by atoms with van der Waals surface area (Å²) in [7, 11) is 2.28. The van der Waals surface area contributed by atoms with Crippen LogP contribution in [0.25, 0.3) is 11.1 Å². The van der Waals surface area contributed by atoms with Crippen LogP contribution in [0.15, 0.2) is 36.4 Å². The molecule has 1 atom stereocenters. The van der Waals surface area contributed by atoms with E-state index in [1.807, 2.05) is 0 Å². The second kappa shape index (κ2) is 4.46. The average Bonchev–Trinajstić information content (AvgIpc) is 2.50. The van der Waals surface area contributed by atoms with Gasteiger partial charge in [0.05, 0.1) is 0 Å². The molecule has 0 amide bonds. The minimum absolute atomic E-state index is 0.578. The Hall–Kier alpha value is -1.60. The van der Waals surface area contributed by atoms with Gasteiger partial charge in [0.15, 0.2) is 0 Å². The van der Waals surface area contributed by atoms with Crippen LogP contribution in [0, 0.1) is 0 Å². The number of benzene rings is 2. The van der Waals surface area contributed by atoms with E-state index in [9.17, 15) is 0 Å². The van der Waals surface area contributed by atoms with Gasteiger partial charge >= 0.3 is 0 Å². The van der Waals surface area contributed by atoms with Crippen molar-refractivity contribution in [2.75, 3.05) is 13.6 Å². The number of rotatable bonds is 1. The first kappa shape index (κ1) is 12.2. The SMILES string of the molecule is CCc1cccc2c1-c1cccc3c1[C@@H](C2)N(C)CC3. The molecule has 1 aliphatic carbocycles. The second-order valence-electron chi connectivity index (χ2n) is 6.13. The van der Waals surface area contributed by atoms with Gasteiger partial charge in [-0.1, -0.05) is 43.3 Å². The highest BCUT2D eigenvalue weighted by molar-refractivity contribution is 5.78. The van der Waals surface area contributed by atoms with Gasteiger partial charge in [0, 0.05) is 12.6 Å². The molecule has 1 aliphatic heterocycles. The molecule has 20 heavy (non-hydrogen) atoms. The molecule has 0 radical (unpaired) electrons. The van der Waals surface area contributed by atoms with Crippen LogP contribution in [0.5, 0.6) is 0 Å². The Morgan fingerprint density at radius 3 is 2.75 bits per heavy atom. The van der Waals surface area contributed by atoms with Gasteiger partial charge in [0.2, 0.25) is 0 Å². The number of nitrogens with zero attached hydrogens (tertiary/aromatic N) is 1. The van der Waals surface area contributed by atoms with E-state index in [-0.39, 0.29) is 0 Å². The van der Waals surface area contributed by atoms with Crippen molar-refractivity contribution in [1.82, 2.24) is 4.90 Å². The fraction of sp³-hybridized carbons (Fsp3) is 0.368. The first-order valence-electron chi connectivity index (χ1n) is 7.72. The summed E-state index contributed by atoms with van der Waals surface area (Å²) >= 11 is 0. The van der Waals surface area contributed by atoms with Gasteiger partial charge in [0.25, 0.3) is 0 Å². The van der Waals surface area contributed by atoms with Crippen molar-refractivity contribution >= 4 is 0 Å². The Morgan fingerprint density at radius 1 is 1.10 bits per heavy atom. The summed E-state index contributed by atoms with van der Waals surface area (Å²) in [6.45, 7) is 3.45. The van der Waals surface area contributed by atoms with Crippen molar-refractivity contribution in [3.05, 3.63) is 58.7 Å². The Kier molecular flexibility index (Phi) is 2.71. The summed E-state index contributed by atoms with van der Waals surface area (Å²) in [5.41, 5.74) is 9.24. The zero-order valence-electron chi connectivity index (χ0n) is 12.3. The highest BCUT2D eigenvalue weighted by Crippen LogP contribution is 2.45. The molecule has 0 saturated carbocycles. The number of aryl methyl sites for hydroxylation is 1. The molecule has 102 valence electrons. The van der Waals surface area contributed by atoms with Crippen molar-refractivity contribution in [3.8, 4) is 11.1 Å². The maximum Gasteiger partial charge on any atom is 0.0394 e. The Balaban J connectivity index is 2.03. The Morgan fingerprint density at radius 2 is 1.90 bits per heavy atom. The minimum Gasteiger partial charge on any atom is -0.299 e. The molecular formula is C19H21N. The molecule has 4 rings (SSSR count). The molecule has 0 bridgehead atoms. The molecule has 2 aromatic carbocycles. The van der Waals surface area contributed by atoms with Crippen molar-refractivity contribution in [3.63, 3.8) is 0 Å². The second-order valence-corrected chi connectivity index (χ2v) is 6.13. The highest BCUT2D eigenvalue weighted by Gasteiger charge is 2.32. The lowest BCUT2D eigenvalue weighted by Gasteiger charge is -2.40. The zero-order valence-corrected chi connectivity index (χ0v) is 12.3. The van der Waals surface area contributed by atoms with Crippen LogP contribution in [0.4, 0.5) is 0 Å². The summed E-state index contributed by atoms with van der Waals surface area (Å²) in [5.74, 6) is 0. The number of hydrogen-bond donors (Lipinski definition) is 0. The molecule has 0 aromatic heterocycles. The fourth-order valence-electron chi connectivity index (χ4n) is 4.05. The first-order valence-corrected chi connectivity index (χ1v) is 7.72. The molecular weight excluding hydrogens is 242 g/mol. The van der Waals surface area contributed by atoms with E-state index in [0.29, 0.717) is 6.04 Å². The Bertz CT molecular complexity index is 671. The normalized spacial score (nSPS) is 20.4. The molecule has 0 fully saturated rings. The third kappa shape index (κ3) is 1.59. The minimum atomic E-state index is 0.578. The number of fused-ring (bicyclic) bond motifs is 2. The summed E-state index contributed by atoms with van der Waals surface area (Å²) in [6, 6.07) is 14.3. The van der Waals surface area contributed by atoms with E-state index in [2.05, 4.69) is 55.3 Å². The van der Waals surface area contributed by atoms with E-state index in [1.54, 1.807) is 11.1 Å². The quantitative estimate of drug-likeness (QED) is 0.751. The van der Waals surface area contributed by atoms with E-state index in [4.69, 9.17) is 0 Å². The fourth-order valence-corrected chi connectivity index (χ4v) is 4.05. The van der Waals surface area contributed by atoms with Gasteiger partial charge in [-0.3, -0.25) is 4.90 Å². The van der Waals surface area contributed by atoms with Crippen LogP contribution < -0.4 is 0 Å². The molecule has 0 spiro atoms. The number of likely N-dealkylation sites (N-methyl/N-ethyl adjacent to an activating group) is 1. The monoisotopic (exact) mass is 263 g/mol. The van der Waals surface area contributed by atoms with E-state index < -0.39 is 0 Å². The molecule has 1 heterocycles. The summed E-state index contributed by atoms with van der Waals surface area (Å²) in [5, 5.41) is 0. The van der Waals surface area contributed by atoms with E-state index >= 15 is 0 Å². The largest absolute Gasteiger partial charge is 0.299 e. The van der Waals surface area contributed by atoms with Crippen LogP contribution in [-0.4, -0.2) is 18.5 Å². The lowest BCUT2D eigenvalue weighted by atomic mass is 9.75. The maximum absolute atomic E-state index is 2.54. The van der Waals surface area contributed by atoms with Gasteiger partial charge in [-0.05, 0) is 59.7 Å². The molecule has 0 unspecified atom stereocenters. The smallest absolute Gasteiger partial charge is 0.0394 e. The molecule has 0 N–H and O–H groups in total. The lowest BCUT2D eigenvalue weighted by Crippen LogP contribution is -2.35. The molecule has 1 nitrogen and oxygen atoms in total. The first-order chi connectivity index (χ1) is 9.79. The molecule has 1 heteroatoms. The van der Waals surface area contributed by atoms with Gasteiger partial charge < -0.3 is 0 Å². The Labute approximate surface area is 121 Å². The molecule has 2 aliphatic rings. The van der Waals surface area contributed by atoms with Crippen LogP contribution in [0.1, 0.15) is 35.2 Å². The summed E-state index contributed by atoms with van der Waals surface area (Å²) < 4.78 is 0.